The molecular formula is C8H4F3NO4. The molecule has 1 aromatic rings. The molecule has 5 nitrogen and oxygen atoms in total. The van der Waals surface area contributed by atoms with E-state index in [0.29, 0.717) is 6.07 Å². The molecule has 1 aromatic heterocycles. The molecule has 8 heteroatoms. The summed E-state index contributed by atoms with van der Waals surface area (Å²) in [5.74, 6) is -3.39. The van der Waals surface area contributed by atoms with Crippen LogP contribution in [0.2, 0.25) is 0 Å². The van der Waals surface area contributed by atoms with Gasteiger partial charge in [0, 0.05) is 0 Å². The lowest BCUT2D eigenvalue weighted by Crippen LogP contribution is -2.14. The highest BCUT2D eigenvalue weighted by Crippen LogP contribution is 2.28. The van der Waals surface area contributed by atoms with Crippen LogP contribution >= 0.6 is 0 Å². The van der Waals surface area contributed by atoms with E-state index in [0.717, 1.165) is 0 Å². The smallest absolute Gasteiger partial charge is 0.433 e. The van der Waals surface area contributed by atoms with E-state index in [1.807, 2.05) is 0 Å². The first kappa shape index (κ1) is 12.0. The van der Waals surface area contributed by atoms with E-state index in [9.17, 15) is 22.8 Å². The van der Waals surface area contributed by atoms with Crippen molar-refractivity contribution in [2.45, 2.75) is 6.18 Å². The summed E-state index contributed by atoms with van der Waals surface area (Å²) < 4.78 is 36.7. The molecule has 0 spiro atoms. The SMILES string of the molecule is O=C(O)c1cc(C(=O)O)nc(C(F)(F)F)c1. The van der Waals surface area contributed by atoms with E-state index in [2.05, 4.69) is 4.98 Å². The van der Waals surface area contributed by atoms with Crippen molar-refractivity contribution < 1.29 is 33.0 Å². The van der Waals surface area contributed by atoms with Gasteiger partial charge >= 0.3 is 18.1 Å². The summed E-state index contributed by atoms with van der Waals surface area (Å²) in [5, 5.41) is 17.0. The molecule has 0 atom stereocenters. The Balaban J connectivity index is 3.42. The number of pyridine rings is 1. The van der Waals surface area contributed by atoms with Crippen LogP contribution in [0, 0.1) is 0 Å². The number of aromatic carboxylic acids is 2. The second-order valence-electron chi connectivity index (χ2n) is 2.73. The highest BCUT2D eigenvalue weighted by molar-refractivity contribution is 5.92. The maximum Gasteiger partial charge on any atom is 0.433 e. The van der Waals surface area contributed by atoms with Gasteiger partial charge in [0.1, 0.15) is 11.4 Å². The van der Waals surface area contributed by atoms with E-state index >= 15 is 0 Å². The monoisotopic (exact) mass is 235 g/mol. The Morgan fingerprint density at radius 3 is 2.06 bits per heavy atom. The minimum absolute atomic E-state index is 0.273. The van der Waals surface area contributed by atoms with Crippen LogP contribution in [-0.4, -0.2) is 27.1 Å². The van der Waals surface area contributed by atoms with Gasteiger partial charge in [-0.25, -0.2) is 14.6 Å². The topological polar surface area (TPSA) is 87.5 Å². The molecular weight excluding hydrogens is 231 g/mol. The maximum atomic E-state index is 12.2. The molecule has 86 valence electrons. The molecule has 0 aliphatic carbocycles. The Morgan fingerprint density at radius 2 is 1.69 bits per heavy atom. The first-order valence-electron chi connectivity index (χ1n) is 3.77. The molecule has 0 aliphatic heterocycles. The number of nitrogens with zero attached hydrogens (tertiary/aromatic N) is 1. The van der Waals surface area contributed by atoms with E-state index in [-0.39, 0.29) is 6.07 Å². The summed E-state index contributed by atoms with van der Waals surface area (Å²) in [6.45, 7) is 0. The van der Waals surface area contributed by atoms with Crippen LogP contribution in [0.15, 0.2) is 12.1 Å². The summed E-state index contributed by atoms with van der Waals surface area (Å²) in [4.78, 5) is 23.7. The third kappa shape index (κ3) is 2.47. The lowest BCUT2D eigenvalue weighted by molar-refractivity contribution is -0.141. The molecule has 1 rings (SSSR count). The van der Waals surface area contributed by atoms with Crippen molar-refractivity contribution in [3.63, 3.8) is 0 Å². The van der Waals surface area contributed by atoms with Crippen molar-refractivity contribution in [3.05, 3.63) is 29.1 Å². The van der Waals surface area contributed by atoms with Crippen LogP contribution in [0.25, 0.3) is 0 Å². The van der Waals surface area contributed by atoms with Crippen molar-refractivity contribution in [1.82, 2.24) is 4.98 Å². The fraction of sp³-hybridized carbons (Fsp3) is 0.125. The molecule has 0 aromatic carbocycles. The Bertz CT molecular complexity index is 423. The number of hydrogen-bond donors (Lipinski definition) is 2. The minimum Gasteiger partial charge on any atom is -0.478 e. The Morgan fingerprint density at radius 1 is 1.12 bits per heavy atom. The average molecular weight is 235 g/mol. The zero-order valence-corrected chi connectivity index (χ0v) is 7.45. The van der Waals surface area contributed by atoms with Gasteiger partial charge in [0.2, 0.25) is 0 Å². The van der Waals surface area contributed by atoms with Gasteiger partial charge in [0.05, 0.1) is 5.56 Å². The highest BCUT2D eigenvalue weighted by atomic mass is 19.4. The molecule has 0 bridgehead atoms. The van der Waals surface area contributed by atoms with Crippen LogP contribution in [0.4, 0.5) is 13.2 Å². The first-order valence-corrected chi connectivity index (χ1v) is 3.77. The summed E-state index contributed by atoms with van der Waals surface area (Å²) in [6, 6.07) is 0.828. The van der Waals surface area contributed by atoms with Gasteiger partial charge in [0.15, 0.2) is 0 Å². The van der Waals surface area contributed by atoms with Gasteiger partial charge in [-0.05, 0) is 12.1 Å². The van der Waals surface area contributed by atoms with E-state index in [1.165, 1.54) is 0 Å². The first-order chi connectivity index (χ1) is 7.21. The quantitative estimate of drug-likeness (QED) is 0.810. The number of halogens is 3. The van der Waals surface area contributed by atoms with Gasteiger partial charge in [-0.15, -0.1) is 0 Å². The summed E-state index contributed by atoms with van der Waals surface area (Å²) >= 11 is 0. The lowest BCUT2D eigenvalue weighted by atomic mass is 10.2. The zero-order chi connectivity index (χ0) is 12.5. The van der Waals surface area contributed by atoms with Crippen molar-refractivity contribution in [3.8, 4) is 0 Å². The summed E-state index contributed by atoms with van der Waals surface area (Å²) in [6.07, 6.45) is -4.89. The van der Waals surface area contributed by atoms with Crippen LogP contribution in [0.5, 0.6) is 0 Å². The van der Waals surface area contributed by atoms with E-state index in [1.54, 1.807) is 0 Å². The largest absolute Gasteiger partial charge is 0.478 e. The van der Waals surface area contributed by atoms with Crippen molar-refractivity contribution in [2.75, 3.05) is 0 Å². The van der Waals surface area contributed by atoms with Crippen molar-refractivity contribution >= 4 is 11.9 Å². The third-order valence-corrected chi connectivity index (χ3v) is 1.58. The molecule has 1 heterocycles. The number of rotatable bonds is 2. The molecule has 0 radical (unpaired) electrons. The van der Waals surface area contributed by atoms with Crippen molar-refractivity contribution in [2.24, 2.45) is 0 Å². The third-order valence-electron chi connectivity index (χ3n) is 1.58. The van der Waals surface area contributed by atoms with E-state index in [4.69, 9.17) is 10.2 Å². The Hall–Kier alpha value is -2.12. The molecule has 0 saturated carbocycles. The molecule has 0 amide bonds. The second-order valence-corrected chi connectivity index (χ2v) is 2.73. The van der Waals surface area contributed by atoms with Gasteiger partial charge < -0.3 is 10.2 Å². The van der Waals surface area contributed by atoms with Crippen LogP contribution in [0.3, 0.4) is 0 Å². The number of carboxylic acid groups (broad SMARTS) is 2. The van der Waals surface area contributed by atoms with Crippen molar-refractivity contribution in [1.29, 1.82) is 0 Å². The summed E-state index contributed by atoms with van der Waals surface area (Å²) in [5.41, 5.74) is -3.29. The number of hydrogen-bond acceptors (Lipinski definition) is 3. The number of carboxylic acids is 2. The number of carbonyl (C=O) groups is 2. The molecule has 16 heavy (non-hydrogen) atoms. The van der Waals surface area contributed by atoms with Crippen LogP contribution in [-0.2, 0) is 6.18 Å². The Labute approximate surface area is 86.2 Å². The normalized spacial score (nSPS) is 11.2. The fourth-order valence-corrected chi connectivity index (χ4v) is 0.909. The lowest BCUT2D eigenvalue weighted by Gasteiger charge is -2.07. The van der Waals surface area contributed by atoms with Gasteiger partial charge in [-0.2, -0.15) is 13.2 Å². The standard InChI is InChI=1S/C8H4F3NO4/c9-8(10,11)5-2-3(6(13)14)1-4(12-5)7(15)16/h1-2H,(H,13,14)(H,15,16). The molecule has 0 fully saturated rings. The van der Waals surface area contributed by atoms with Gasteiger partial charge in [-0.3, -0.25) is 0 Å². The fourth-order valence-electron chi connectivity index (χ4n) is 0.909. The Kier molecular flexibility index (Phi) is 2.84. The van der Waals surface area contributed by atoms with Crippen LogP contribution in [0.1, 0.15) is 26.5 Å². The molecule has 0 saturated heterocycles. The zero-order valence-electron chi connectivity index (χ0n) is 7.45. The predicted octanol–water partition coefficient (Wildman–Crippen LogP) is 1.50. The van der Waals surface area contributed by atoms with Crippen LogP contribution < -0.4 is 0 Å². The predicted molar refractivity (Wildman–Crippen MR) is 43.2 cm³/mol. The number of aromatic nitrogens is 1. The molecule has 0 unspecified atom stereocenters. The summed E-state index contributed by atoms with van der Waals surface area (Å²) in [7, 11) is 0. The number of alkyl halides is 3. The minimum atomic E-state index is -4.89. The second kappa shape index (κ2) is 3.80. The van der Waals surface area contributed by atoms with Gasteiger partial charge in [0.25, 0.3) is 0 Å². The highest BCUT2D eigenvalue weighted by Gasteiger charge is 2.34. The average Bonchev–Trinajstić information content (AvgIpc) is 2.15. The molecule has 2 N–H and O–H groups in total. The maximum absolute atomic E-state index is 12.2. The molecule has 0 aliphatic rings. The van der Waals surface area contributed by atoms with E-state index < -0.39 is 35.1 Å². The van der Waals surface area contributed by atoms with Gasteiger partial charge in [-0.1, -0.05) is 0 Å².